The number of hydrogen-bond acceptors (Lipinski definition) is 2. The lowest BCUT2D eigenvalue weighted by Crippen LogP contribution is -2.22. The van der Waals surface area contributed by atoms with Crippen LogP contribution in [0.5, 0.6) is 0 Å². The van der Waals surface area contributed by atoms with Crippen LogP contribution >= 0.6 is 27.5 Å². The zero-order valence-electron chi connectivity index (χ0n) is 8.63. The first-order chi connectivity index (χ1) is 7.13. The average molecular weight is 293 g/mol. The van der Waals surface area contributed by atoms with Gasteiger partial charge in [-0.1, -0.05) is 34.5 Å². The predicted molar refractivity (Wildman–Crippen MR) is 67.1 cm³/mol. The molecule has 0 spiro atoms. The molecule has 15 heavy (non-hydrogen) atoms. The van der Waals surface area contributed by atoms with Crippen molar-refractivity contribution in [2.24, 2.45) is 5.92 Å². The smallest absolute Gasteiger partial charge is 0.0468 e. The SMILES string of the molecule is CC(CO)CNCc1cc(Br)ccc1Cl. The van der Waals surface area contributed by atoms with Crippen LogP contribution in [-0.4, -0.2) is 18.3 Å². The number of hydrogen-bond donors (Lipinski definition) is 2. The van der Waals surface area contributed by atoms with Gasteiger partial charge in [-0.05, 0) is 29.7 Å². The monoisotopic (exact) mass is 291 g/mol. The van der Waals surface area contributed by atoms with Crippen LogP contribution < -0.4 is 5.32 Å². The lowest BCUT2D eigenvalue weighted by atomic mass is 10.2. The van der Waals surface area contributed by atoms with Crippen LogP contribution in [0.3, 0.4) is 0 Å². The Bertz CT molecular complexity index is 319. The Morgan fingerprint density at radius 1 is 1.53 bits per heavy atom. The largest absolute Gasteiger partial charge is 0.396 e. The van der Waals surface area contributed by atoms with Crippen molar-refractivity contribution in [1.29, 1.82) is 0 Å². The molecule has 4 heteroatoms. The van der Waals surface area contributed by atoms with Crippen LogP contribution in [-0.2, 0) is 6.54 Å². The fraction of sp³-hybridized carbons (Fsp3) is 0.455. The summed E-state index contributed by atoms with van der Waals surface area (Å²) in [4.78, 5) is 0. The van der Waals surface area contributed by atoms with E-state index in [4.69, 9.17) is 16.7 Å². The fourth-order valence-corrected chi connectivity index (χ4v) is 1.79. The molecule has 0 saturated heterocycles. The van der Waals surface area contributed by atoms with E-state index in [-0.39, 0.29) is 12.5 Å². The second-order valence-electron chi connectivity index (χ2n) is 3.65. The van der Waals surface area contributed by atoms with Gasteiger partial charge in [0, 0.05) is 29.2 Å². The molecule has 1 unspecified atom stereocenters. The van der Waals surface area contributed by atoms with E-state index in [1.807, 2.05) is 25.1 Å². The minimum absolute atomic E-state index is 0.208. The average Bonchev–Trinajstić information content (AvgIpc) is 2.23. The minimum atomic E-state index is 0.208. The highest BCUT2D eigenvalue weighted by molar-refractivity contribution is 9.10. The zero-order valence-corrected chi connectivity index (χ0v) is 11.0. The van der Waals surface area contributed by atoms with Gasteiger partial charge < -0.3 is 10.4 Å². The quantitative estimate of drug-likeness (QED) is 0.875. The lowest BCUT2D eigenvalue weighted by Gasteiger charge is -2.10. The van der Waals surface area contributed by atoms with Crippen molar-refractivity contribution in [1.82, 2.24) is 5.32 Å². The van der Waals surface area contributed by atoms with Crippen molar-refractivity contribution in [2.45, 2.75) is 13.5 Å². The Labute approximate surface area is 104 Å². The molecule has 1 aromatic rings. The summed E-state index contributed by atoms with van der Waals surface area (Å²) in [5.74, 6) is 0.274. The fourth-order valence-electron chi connectivity index (χ4n) is 1.20. The summed E-state index contributed by atoms with van der Waals surface area (Å²) in [6, 6.07) is 5.79. The van der Waals surface area contributed by atoms with Gasteiger partial charge in [-0.2, -0.15) is 0 Å². The molecule has 0 fully saturated rings. The van der Waals surface area contributed by atoms with Crippen LogP contribution in [0.2, 0.25) is 5.02 Å². The van der Waals surface area contributed by atoms with E-state index >= 15 is 0 Å². The summed E-state index contributed by atoms with van der Waals surface area (Å²) in [6.45, 7) is 3.72. The van der Waals surface area contributed by atoms with Gasteiger partial charge >= 0.3 is 0 Å². The first-order valence-electron chi connectivity index (χ1n) is 4.89. The maximum Gasteiger partial charge on any atom is 0.0468 e. The summed E-state index contributed by atoms with van der Waals surface area (Å²) in [5, 5.41) is 12.9. The molecule has 0 bridgehead atoms. The van der Waals surface area contributed by atoms with E-state index in [1.165, 1.54) is 0 Å². The molecule has 0 radical (unpaired) electrons. The summed E-state index contributed by atoms with van der Waals surface area (Å²) in [5.41, 5.74) is 1.07. The van der Waals surface area contributed by atoms with Gasteiger partial charge in [0.05, 0.1) is 0 Å². The van der Waals surface area contributed by atoms with Crippen LogP contribution in [0, 0.1) is 5.92 Å². The third-order valence-corrected chi connectivity index (χ3v) is 2.99. The van der Waals surface area contributed by atoms with E-state index in [9.17, 15) is 0 Å². The number of aliphatic hydroxyl groups is 1. The summed E-state index contributed by atoms with van der Waals surface area (Å²) >= 11 is 9.44. The molecular weight excluding hydrogens is 277 g/mol. The van der Waals surface area contributed by atoms with E-state index < -0.39 is 0 Å². The Kier molecular flexibility index (Phi) is 5.61. The van der Waals surface area contributed by atoms with Crippen molar-refractivity contribution in [2.75, 3.05) is 13.2 Å². The zero-order chi connectivity index (χ0) is 11.3. The lowest BCUT2D eigenvalue weighted by molar-refractivity contribution is 0.233. The van der Waals surface area contributed by atoms with Crippen LogP contribution in [0.4, 0.5) is 0 Å². The number of rotatable bonds is 5. The molecular formula is C11H15BrClNO. The molecule has 0 heterocycles. The molecule has 2 N–H and O–H groups in total. The number of nitrogens with one attached hydrogen (secondary N) is 1. The summed E-state index contributed by atoms with van der Waals surface area (Å²) < 4.78 is 1.03. The summed E-state index contributed by atoms with van der Waals surface area (Å²) in [7, 11) is 0. The maximum absolute atomic E-state index is 8.86. The molecule has 0 aliphatic heterocycles. The van der Waals surface area contributed by atoms with E-state index in [1.54, 1.807) is 0 Å². The molecule has 2 nitrogen and oxygen atoms in total. The van der Waals surface area contributed by atoms with Crippen molar-refractivity contribution >= 4 is 27.5 Å². The molecule has 0 aliphatic rings. The van der Waals surface area contributed by atoms with E-state index in [0.717, 1.165) is 28.1 Å². The van der Waals surface area contributed by atoms with Gasteiger partial charge in [0.2, 0.25) is 0 Å². The Hall–Kier alpha value is -0.0900. The highest BCUT2D eigenvalue weighted by Crippen LogP contribution is 2.20. The van der Waals surface area contributed by atoms with Crippen molar-refractivity contribution < 1.29 is 5.11 Å². The highest BCUT2D eigenvalue weighted by Gasteiger charge is 2.02. The van der Waals surface area contributed by atoms with E-state index in [0.29, 0.717) is 0 Å². The third kappa shape index (κ3) is 4.51. The standard InChI is InChI=1S/C11H15BrClNO/c1-8(7-15)5-14-6-9-4-10(12)2-3-11(9)13/h2-4,8,14-15H,5-7H2,1H3. The molecule has 84 valence electrons. The predicted octanol–water partition coefficient (Wildman–Crippen LogP) is 2.82. The Morgan fingerprint density at radius 2 is 2.27 bits per heavy atom. The summed E-state index contributed by atoms with van der Waals surface area (Å²) in [6.07, 6.45) is 0. The van der Waals surface area contributed by atoms with Gasteiger partial charge in [-0.15, -0.1) is 0 Å². The van der Waals surface area contributed by atoms with Gasteiger partial charge in [0.15, 0.2) is 0 Å². The molecule has 1 rings (SSSR count). The first kappa shape index (κ1) is 13.0. The van der Waals surface area contributed by atoms with Crippen LogP contribution in [0.15, 0.2) is 22.7 Å². The highest BCUT2D eigenvalue weighted by atomic mass is 79.9. The number of benzene rings is 1. The first-order valence-corrected chi connectivity index (χ1v) is 6.06. The van der Waals surface area contributed by atoms with Gasteiger partial charge in [0.1, 0.15) is 0 Å². The third-order valence-electron chi connectivity index (χ3n) is 2.13. The van der Waals surface area contributed by atoms with Crippen molar-refractivity contribution in [3.05, 3.63) is 33.3 Å². The Balaban J connectivity index is 2.46. The second-order valence-corrected chi connectivity index (χ2v) is 4.98. The molecule has 1 atom stereocenters. The van der Waals surface area contributed by atoms with E-state index in [2.05, 4.69) is 21.2 Å². The maximum atomic E-state index is 8.86. The normalized spacial score (nSPS) is 12.8. The van der Waals surface area contributed by atoms with Crippen LogP contribution in [0.1, 0.15) is 12.5 Å². The van der Waals surface area contributed by atoms with Gasteiger partial charge in [-0.25, -0.2) is 0 Å². The number of aliphatic hydroxyl groups excluding tert-OH is 1. The number of halogens is 2. The molecule has 0 saturated carbocycles. The molecule has 0 aliphatic carbocycles. The Morgan fingerprint density at radius 3 is 2.93 bits per heavy atom. The van der Waals surface area contributed by atoms with Crippen molar-refractivity contribution in [3.8, 4) is 0 Å². The molecule has 0 aromatic heterocycles. The van der Waals surface area contributed by atoms with Crippen molar-refractivity contribution in [3.63, 3.8) is 0 Å². The van der Waals surface area contributed by atoms with Gasteiger partial charge in [-0.3, -0.25) is 0 Å². The molecule has 0 amide bonds. The van der Waals surface area contributed by atoms with Crippen LogP contribution in [0.25, 0.3) is 0 Å². The topological polar surface area (TPSA) is 32.3 Å². The molecule has 1 aromatic carbocycles. The minimum Gasteiger partial charge on any atom is -0.396 e. The second kappa shape index (κ2) is 6.48. The van der Waals surface area contributed by atoms with Gasteiger partial charge in [0.25, 0.3) is 0 Å².